The van der Waals surface area contributed by atoms with Gasteiger partial charge in [0.05, 0.1) is 28.3 Å². The maximum absolute atomic E-state index is 6.30. The lowest BCUT2D eigenvalue weighted by atomic mass is 9.94. The minimum atomic E-state index is 0.705. The zero-order valence-electron chi connectivity index (χ0n) is 21.7. The van der Waals surface area contributed by atoms with Crippen LogP contribution in [0.3, 0.4) is 0 Å². The highest BCUT2D eigenvalue weighted by atomic mass is 35.5. The lowest BCUT2D eigenvalue weighted by molar-refractivity contribution is 0.477. The van der Waals surface area contributed by atoms with Crippen LogP contribution in [0.15, 0.2) is 115 Å². The fourth-order valence-electron chi connectivity index (χ4n) is 5.37. The van der Waals surface area contributed by atoms with Crippen molar-refractivity contribution in [2.75, 3.05) is 4.90 Å². The molecule has 0 spiro atoms. The monoisotopic (exact) mass is 524 g/mol. The van der Waals surface area contributed by atoms with Crippen molar-refractivity contribution < 1.29 is 4.74 Å². The SMILES string of the molecule is Cc1ccc(-c2cc(-c3ccc(Cl)cc3)nc3c(N4c5ccccc5Oc5ccccc54)ccc(C)c23)cc1. The molecule has 0 aliphatic carbocycles. The number of rotatable bonds is 3. The molecule has 0 saturated heterocycles. The molecule has 39 heavy (non-hydrogen) atoms. The number of hydrogen-bond acceptors (Lipinski definition) is 3. The zero-order chi connectivity index (χ0) is 26.5. The number of pyridine rings is 1. The number of aryl methyl sites for hydroxylation is 2. The summed E-state index contributed by atoms with van der Waals surface area (Å²) in [5.74, 6) is 1.63. The van der Waals surface area contributed by atoms with Crippen LogP contribution in [-0.4, -0.2) is 4.98 Å². The number of ether oxygens (including phenoxy) is 1. The molecule has 0 saturated carbocycles. The smallest absolute Gasteiger partial charge is 0.151 e. The Balaban J connectivity index is 1.57. The van der Waals surface area contributed by atoms with Crippen molar-refractivity contribution in [1.82, 2.24) is 4.98 Å². The molecular formula is C35H25ClN2O. The average molecular weight is 525 g/mol. The van der Waals surface area contributed by atoms with Gasteiger partial charge in [-0.3, -0.25) is 0 Å². The first kappa shape index (κ1) is 23.5. The van der Waals surface area contributed by atoms with E-state index >= 15 is 0 Å². The molecule has 188 valence electrons. The highest BCUT2D eigenvalue weighted by Gasteiger charge is 2.28. The predicted octanol–water partition coefficient (Wildman–Crippen LogP) is 10.4. The predicted molar refractivity (Wildman–Crippen MR) is 162 cm³/mol. The maximum Gasteiger partial charge on any atom is 0.151 e. The molecule has 0 N–H and O–H groups in total. The molecule has 1 aliphatic rings. The standard InChI is InChI=1S/C35H25ClN2O/c1-22-11-14-24(15-12-22)27-21-28(25-16-18-26(36)19-17-25)37-35-31(20-13-23(2)34(27)35)38-29-7-3-5-9-32(29)39-33-10-6-4-8-30(33)38/h3-21H,1-2H3. The summed E-state index contributed by atoms with van der Waals surface area (Å²) in [5, 5.41) is 1.84. The van der Waals surface area contributed by atoms with E-state index in [1.807, 2.05) is 60.7 Å². The van der Waals surface area contributed by atoms with Crippen LogP contribution in [0.1, 0.15) is 11.1 Å². The van der Waals surface area contributed by atoms with Crippen LogP contribution < -0.4 is 9.64 Å². The first-order chi connectivity index (χ1) is 19.1. The summed E-state index contributed by atoms with van der Waals surface area (Å²) >= 11 is 6.24. The van der Waals surface area contributed by atoms with Crippen molar-refractivity contribution in [3.63, 3.8) is 0 Å². The second kappa shape index (κ2) is 9.30. The van der Waals surface area contributed by atoms with Gasteiger partial charge in [-0.25, -0.2) is 4.98 Å². The van der Waals surface area contributed by atoms with E-state index in [0.29, 0.717) is 5.02 Å². The first-order valence-electron chi connectivity index (χ1n) is 13.0. The zero-order valence-corrected chi connectivity index (χ0v) is 22.4. The number of para-hydroxylation sites is 4. The molecule has 2 heterocycles. The van der Waals surface area contributed by atoms with Gasteiger partial charge in [0.15, 0.2) is 11.5 Å². The van der Waals surface area contributed by atoms with Crippen molar-refractivity contribution in [2.45, 2.75) is 13.8 Å². The summed E-state index contributed by atoms with van der Waals surface area (Å²) < 4.78 is 6.30. The van der Waals surface area contributed by atoms with Gasteiger partial charge in [0, 0.05) is 16.0 Å². The van der Waals surface area contributed by atoms with Gasteiger partial charge in [0.25, 0.3) is 0 Å². The molecule has 6 aromatic rings. The fourth-order valence-corrected chi connectivity index (χ4v) is 5.50. The van der Waals surface area contributed by atoms with Crippen LogP contribution in [-0.2, 0) is 0 Å². The molecular weight excluding hydrogens is 500 g/mol. The van der Waals surface area contributed by atoms with Gasteiger partial charge in [-0.2, -0.15) is 0 Å². The molecule has 0 atom stereocenters. The third-order valence-electron chi connectivity index (χ3n) is 7.32. The number of benzene rings is 5. The van der Waals surface area contributed by atoms with E-state index < -0.39 is 0 Å². The van der Waals surface area contributed by atoms with Gasteiger partial charge in [0.2, 0.25) is 0 Å². The summed E-state index contributed by atoms with van der Waals surface area (Å²) in [7, 11) is 0. The molecule has 3 nitrogen and oxygen atoms in total. The van der Waals surface area contributed by atoms with Gasteiger partial charge in [-0.1, -0.05) is 83.9 Å². The molecule has 0 fully saturated rings. The first-order valence-corrected chi connectivity index (χ1v) is 13.4. The summed E-state index contributed by atoms with van der Waals surface area (Å²) in [5.41, 5.74) is 10.5. The largest absolute Gasteiger partial charge is 0.453 e. The van der Waals surface area contributed by atoms with Gasteiger partial charge in [-0.15, -0.1) is 0 Å². The maximum atomic E-state index is 6.30. The van der Waals surface area contributed by atoms with Crippen LogP contribution in [0.4, 0.5) is 17.1 Å². The third kappa shape index (κ3) is 4.03. The molecule has 0 unspecified atom stereocenters. The Labute approximate surface area is 232 Å². The Kier molecular flexibility index (Phi) is 5.61. The lowest BCUT2D eigenvalue weighted by Gasteiger charge is -2.33. The molecule has 7 rings (SSSR count). The van der Waals surface area contributed by atoms with E-state index in [2.05, 4.69) is 73.3 Å². The molecule has 5 aromatic carbocycles. The van der Waals surface area contributed by atoms with Gasteiger partial charge < -0.3 is 9.64 Å². The minimum Gasteiger partial charge on any atom is -0.453 e. The van der Waals surface area contributed by atoms with Crippen LogP contribution in [0.25, 0.3) is 33.3 Å². The topological polar surface area (TPSA) is 25.4 Å². The van der Waals surface area contributed by atoms with Crippen LogP contribution in [0.2, 0.25) is 5.02 Å². The molecule has 0 bridgehead atoms. The van der Waals surface area contributed by atoms with E-state index in [4.69, 9.17) is 21.3 Å². The van der Waals surface area contributed by atoms with Crippen molar-refractivity contribution in [2.24, 2.45) is 0 Å². The highest BCUT2D eigenvalue weighted by molar-refractivity contribution is 6.30. The summed E-state index contributed by atoms with van der Waals surface area (Å²) in [6.07, 6.45) is 0. The minimum absolute atomic E-state index is 0.705. The Hall–Kier alpha value is -4.60. The van der Waals surface area contributed by atoms with Gasteiger partial charge in [0.1, 0.15) is 0 Å². The van der Waals surface area contributed by atoms with E-state index in [9.17, 15) is 0 Å². The van der Waals surface area contributed by atoms with E-state index in [0.717, 1.165) is 61.8 Å². The van der Waals surface area contributed by atoms with Gasteiger partial charge in [-0.05, 0) is 79.1 Å². The van der Waals surface area contributed by atoms with E-state index in [-0.39, 0.29) is 0 Å². The Morgan fingerprint density at radius 1 is 0.641 bits per heavy atom. The number of aromatic nitrogens is 1. The normalized spacial score (nSPS) is 12.1. The quantitative estimate of drug-likeness (QED) is 0.230. The number of anilines is 3. The Morgan fingerprint density at radius 2 is 1.26 bits per heavy atom. The number of hydrogen-bond donors (Lipinski definition) is 0. The summed E-state index contributed by atoms with van der Waals surface area (Å²) in [4.78, 5) is 7.61. The number of fused-ring (bicyclic) bond motifs is 3. The van der Waals surface area contributed by atoms with Crippen LogP contribution in [0, 0.1) is 13.8 Å². The second-order valence-corrected chi connectivity index (χ2v) is 10.4. The summed E-state index contributed by atoms with van der Waals surface area (Å²) in [6.45, 7) is 4.28. The fraction of sp³-hybridized carbons (Fsp3) is 0.0571. The number of nitrogens with zero attached hydrogens (tertiary/aromatic N) is 2. The van der Waals surface area contributed by atoms with Crippen molar-refractivity contribution in [3.8, 4) is 33.9 Å². The second-order valence-electron chi connectivity index (χ2n) is 9.93. The highest BCUT2D eigenvalue weighted by Crippen LogP contribution is 2.52. The van der Waals surface area contributed by atoms with E-state index in [1.165, 1.54) is 11.1 Å². The van der Waals surface area contributed by atoms with Crippen molar-refractivity contribution in [3.05, 3.63) is 131 Å². The Bertz CT molecular complexity index is 1810. The molecule has 0 amide bonds. The third-order valence-corrected chi connectivity index (χ3v) is 7.58. The van der Waals surface area contributed by atoms with Crippen LogP contribution >= 0.6 is 11.6 Å². The number of halogens is 1. The average Bonchev–Trinajstić information content (AvgIpc) is 2.97. The molecule has 4 heteroatoms. The molecule has 1 aromatic heterocycles. The van der Waals surface area contributed by atoms with Crippen molar-refractivity contribution >= 4 is 39.6 Å². The van der Waals surface area contributed by atoms with Crippen LogP contribution in [0.5, 0.6) is 11.5 Å². The van der Waals surface area contributed by atoms with Gasteiger partial charge >= 0.3 is 0 Å². The lowest BCUT2D eigenvalue weighted by Crippen LogP contribution is -2.16. The van der Waals surface area contributed by atoms with Crippen molar-refractivity contribution in [1.29, 1.82) is 0 Å². The summed E-state index contributed by atoms with van der Waals surface area (Å²) in [6, 6.07) is 39.5. The Morgan fingerprint density at radius 3 is 1.92 bits per heavy atom. The molecule has 0 radical (unpaired) electrons. The van der Waals surface area contributed by atoms with E-state index in [1.54, 1.807) is 0 Å². The molecule has 1 aliphatic heterocycles.